The summed E-state index contributed by atoms with van der Waals surface area (Å²) < 4.78 is 6.75. The van der Waals surface area contributed by atoms with Gasteiger partial charge in [0.05, 0.1) is 12.5 Å². The van der Waals surface area contributed by atoms with E-state index in [2.05, 4.69) is 0 Å². The number of hydrogen-bond donors (Lipinski definition) is 0. The zero-order chi connectivity index (χ0) is 18.4. The topological polar surface area (TPSA) is 47.3 Å². The molecule has 2 rings (SSSR count). The van der Waals surface area contributed by atoms with E-state index in [1.54, 1.807) is 61.1 Å². The van der Waals surface area contributed by atoms with E-state index in [1.807, 2.05) is 19.1 Å². The van der Waals surface area contributed by atoms with Crippen molar-refractivity contribution in [3.63, 3.8) is 0 Å². The van der Waals surface area contributed by atoms with E-state index in [-0.39, 0.29) is 11.8 Å². The largest absolute Gasteiger partial charge is 0.466 e. The summed E-state index contributed by atoms with van der Waals surface area (Å²) in [6, 6.07) is 10.5. The van der Waals surface area contributed by atoms with Gasteiger partial charge in [-0.15, -0.1) is 0 Å². The molecule has 1 aromatic carbocycles. The lowest BCUT2D eigenvalue weighted by atomic mass is 10.0. The van der Waals surface area contributed by atoms with Crippen molar-refractivity contribution in [3.05, 3.63) is 71.0 Å². The van der Waals surface area contributed by atoms with Crippen molar-refractivity contribution < 1.29 is 18.9 Å². The Bertz CT molecular complexity index is 780. The summed E-state index contributed by atoms with van der Waals surface area (Å²) in [5, 5.41) is 0.560. The zero-order valence-electron chi connectivity index (χ0n) is 14.5. The van der Waals surface area contributed by atoms with Gasteiger partial charge in [-0.25, -0.2) is 0 Å². The summed E-state index contributed by atoms with van der Waals surface area (Å²) in [6.45, 7) is 5.73. The van der Waals surface area contributed by atoms with Crippen molar-refractivity contribution in [2.24, 2.45) is 5.92 Å². The number of esters is 1. The predicted molar refractivity (Wildman–Crippen MR) is 97.2 cm³/mol. The number of aromatic nitrogens is 1. The number of benzene rings is 1. The maximum atomic E-state index is 13.0. The molecule has 130 valence electrons. The van der Waals surface area contributed by atoms with Gasteiger partial charge in [0.2, 0.25) is 0 Å². The van der Waals surface area contributed by atoms with Crippen LogP contribution in [0.3, 0.4) is 0 Å². The number of halogens is 1. The molecule has 1 aromatic heterocycles. The Morgan fingerprint density at radius 2 is 1.76 bits per heavy atom. The molecule has 0 bridgehead atoms. The molecule has 5 heteroatoms. The first-order valence-corrected chi connectivity index (χ1v) is 8.47. The first-order chi connectivity index (χ1) is 11.9. The van der Waals surface area contributed by atoms with Crippen LogP contribution in [0, 0.1) is 12.8 Å². The number of nitrogens with zero attached hydrogens (tertiary/aromatic N) is 1. The van der Waals surface area contributed by atoms with Gasteiger partial charge < -0.3 is 4.74 Å². The fraction of sp³-hybridized carbons (Fsp3) is 0.250. The van der Waals surface area contributed by atoms with E-state index in [9.17, 15) is 9.59 Å². The quantitative estimate of drug-likeness (QED) is 0.341. The molecule has 0 aliphatic heterocycles. The second-order valence-electron chi connectivity index (χ2n) is 5.71. The highest BCUT2D eigenvalue weighted by atomic mass is 35.5. The fourth-order valence-electron chi connectivity index (χ4n) is 2.27. The molecule has 25 heavy (non-hydrogen) atoms. The number of pyridine rings is 1. The molecule has 0 N–H and O–H groups in total. The molecule has 0 radical (unpaired) electrons. The van der Waals surface area contributed by atoms with Crippen molar-refractivity contribution in [2.75, 3.05) is 6.61 Å². The zero-order valence-corrected chi connectivity index (χ0v) is 15.3. The van der Waals surface area contributed by atoms with E-state index in [0.29, 0.717) is 22.9 Å². The van der Waals surface area contributed by atoms with Crippen LogP contribution in [0.1, 0.15) is 29.8 Å². The molecule has 0 saturated heterocycles. The minimum atomic E-state index is -0.542. The molecule has 1 heterocycles. The minimum absolute atomic E-state index is 0.193. The van der Waals surface area contributed by atoms with E-state index in [4.69, 9.17) is 16.3 Å². The molecule has 0 aliphatic carbocycles. The monoisotopic (exact) mass is 358 g/mol. The molecule has 0 unspecified atom stereocenters. The van der Waals surface area contributed by atoms with Crippen LogP contribution in [-0.2, 0) is 9.53 Å². The number of carbonyl (C=O) groups excluding carboxylic acids is 2. The molecule has 0 spiro atoms. The second kappa shape index (κ2) is 8.58. The Hall–Kier alpha value is -2.46. The number of ketones is 1. The highest BCUT2D eigenvalue weighted by Gasteiger charge is 2.25. The summed E-state index contributed by atoms with van der Waals surface area (Å²) in [5.41, 5.74) is 1.97. The highest BCUT2D eigenvalue weighted by molar-refractivity contribution is 6.31. The number of aryl methyl sites for hydroxylation is 1. The SMILES string of the molecule is CCOC(=O)[C@@H](C)/C=C(\C(=O)c1ccc(Cl)cc1)[n+]1ccc(C)cc1. The lowest BCUT2D eigenvalue weighted by Crippen LogP contribution is -2.36. The van der Waals surface area contributed by atoms with E-state index >= 15 is 0 Å². The van der Waals surface area contributed by atoms with Crippen LogP contribution in [0.4, 0.5) is 0 Å². The Labute approximate surface area is 152 Å². The maximum Gasteiger partial charge on any atom is 0.312 e. The predicted octanol–water partition coefficient (Wildman–Crippen LogP) is 3.86. The lowest BCUT2D eigenvalue weighted by Gasteiger charge is -2.08. The summed E-state index contributed by atoms with van der Waals surface area (Å²) in [7, 11) is 0. The third-order valence-corrected chi connectivity index (χ3v) is 3.93. The van der Waals surface area contributed by atoms with Gasteiger partial charge >= 0.3 is 5.97 Å². The van der Waals surface area contributed by atoms with Crippen molar-refractivity contribution in [1.29, 1.82) is 0 Å². The highest BCUT2D eigenvalue weighted by Crippen LogP contribution is 2.15. The Morgan fingerprint density at radius 3 is 2.32 bits per heavy atom. The van der Waals surface area contributed by atoms with Crippen LogP contribution in [0.15, 0.2) is 54.9 Å². The number of carbonyl (C=O) groups is 2. The molecule has 2 aromatic rings. The van der Waals surface area contributed by atoms with Crippen LogP contribution >= 0.6 is 11.6 Å². The number of allylic oxidation sites excluding steroid dienone is 1. The second-order valence-corrected chi connectivity index (χ2v) is 6.15. The standard InChI is InChI=1S/C20H21ClNO3/c1-4-25-20(24)15(3)13-18(22-11-9-14(2)10-12-22)19(23)16-5-7-17(21)8-6-16/h5-13,15H,4H2,1-3H3/q+1/b18-13+/t15-/m0/s1. The van der Waals surface area contributed by atoms with Crippen molar-refractivity contribution in [1.82, 2.24) is 0 Å². The van der Waals surface area contributed by atoms with Crippen LogP contribution in [-0.4, -0.2) is 18.4 Å². The van der Waals surface area contributed by atoms with Crippen LogP contribution < -0.4 is 4.57 Å². The Balaban J connectivity index is 2.44. The first-order valence-electron chi connectivity index (χ1n) is 8.09. The Morgan fingerprint density at radius 1 is 1.16 bits per heavy atom. The normalized spacial score (nSPS) is 12.6. The lowest BCUT2D eigenvalue weighted by molar-refractivity contribution is -0.577. The fourth-order valence-corrected chi connectivity index (χ4v) is 2.39. The van der Waals surface area contributed by atoms with E-state index < -0.39 is 5.92 Å². The van der Waals surface area contributed by atoms with Crippen LogP contribution in [0.2, 0.25) is 5.02 Å². The van der Waals surface area contributed by atoms with Crippen LogP contribution in [0.5, 0.6) is 0 Å². The molecule has 0 saturated carbocycles. The van der Waals surface area contributed by atoms with E-state index in [1.165, 1.54) is 0 Å². The summed E-state index contributed by atoms with van der Waals surface area (Å²) in [4.78, 5) is 24.9. The van der Waals surface area contributed by atoms with Gasteiger partial charge in [-0.1, -0.05) is 11.6 Å². The molecule has 0 aliphatic rings. The van der Waals surface area contributed by atoms with Gasteiger partial charge in [0, 0.05) is 28.8 Å². The third kappa shape index (κ3) is 5.00. The Kier molecular flexibility index (Phi) is 6.48. The average Bonchev–Trinajstić information content (AvgIpc) is 2.60. The van der Waals surface area contributed by atoms with Gasteiger partial charge in [0.25, 0.3) is 11.5 Å². The number of rotatable bonds is 6. The van der Waals surface area contributed by atoms with Crippen molar-refractivity contribution >= 4 is 29.1 Å². The third-order valence-electron chi connectivity index (χ3n) is 3.68. The van der Waals surface area contributed by atoms with Crippen LogP contribution in [0.25, 0.3) is 5.70 Å². The van der Waals surface area contributed by atoms with Crippen molar-refractivity contribution in [2.45, 2.75) is 20.8 Å². The van der Waals surface area contributed by atoms with Gasteiger partial charge in [0.1, 0.15) is 0 Å². The van der Waals surface area contributed by atoms with E-state index in [0.717, 1.165) is 5.56 Å². The summed E-state index contributed by atoms with van der Waals surface area (Å²) in [5.74, 6) is -1.10. The summed E-state index contributed by atoms with van der Waals surface area (Å²) in [6.07, 6.45) is 5.23. The van der Waals surface area contributed by atoms with Gasteiger partial charge in [-0.05, 0) is 50.6 Å². The minimum Gasteiger partial charge on any atom is -0.466 e. The van der Waals surface area contributed by atoms with Crippen molar-refractivity contribution in [3.8, 4) is 0 Å². The molecular formula is C20H21ClNO3+. The maximum absolute atomic E-state index is 13.0. The molecular weight excluding hydrogens is 338 g/mol. The van der Waals surface area contributed by atoms with Gasteiger partial charge in [-0.3, -0.25) is 9.59 Å². The van der Waals surface area contributed by atoms with Gasteiger partial charge in [-0.2, -0.15) is 4.57 Å². The number of ether oxygens (including phenoxy) is 1. The number of Topliss-reactive ketones (excluding diaryl/α,β-unsaturated/α-hetero) is 1. The van der Waals surface area contributed by atoms with Gasteiger partial charge in [0.15, 0.2) is 12.4 Å². The summed E-state index contributed by atoms with van der Waals surface area (Å²) >= 11 is 5.90. The number of hydrogen-bond acceptors (Lipinski definition) is 3. The molecule has 0 fully saturated rings. The smallest absolute Gasteiger partial charge is 0.312 e. The molecule has 0 amide bonds. The molecule has 1 atom stereocenters. The first kappa shape index (κ1) is 18.9. The average molecular weight is 359 g/mol. The molecule has 4 nitrogen and oxygen atoms in total.